The highest BCUT2D eigenvalue weighted by atomic mass is 16.6. The quantitative estimate of drug-likeness (QED) is 0.778. The Hall–Kier alpha value is -3.28. The first kappa shape index (κ1) is 19.1. The third-order valence-corrected chi connectivity index (χ3v) is 6.05. The molecule has 2 heterocycles. The largest absolute Gasteiger partial charge is 0.453 e. The van der Waals surface area contributed by atoms with Gasteiger partial charge in [0.15, 0.2) is 0 Å². The van der Waals surface area contributed by atoms with Crippen LogP contribution in [0.15, 0.2) is 24.3 Å². The van der Waals surface area contributed by atoms with Crippen molar-refractivity contribution in [1.29, 1.82) is 0 Å². The summed E-state index contributed by atoms with van der Waals surface area (Å²) in [5, 5.41) is 2.65. The molecule has 2 saturated heterocycles. The van der Waals surface area contributed by atoms with Crippen LogP contribution in [0.4, 0.5) is 15.3 Å². The molecule has 0 aromatic heterocycles. The molecule has 0 bridgehead atoms. The van der Waals surface area contributed by atoms with E-state index in [0.29, 0.717) is 25.3 Å². The van der Waals surface area contributed by atoms with Gasteiger partial charge in [-0.15, -0.1) is 0 Å². The zero-order valence-electron chi connectivity index (χ0n) is 16.3. The monoisotopic (exact) mass is 398 g/mol. The lowest BCUT2D eigenvalue weighted by Gasteiger charge is -2.20. The van der Waals surface area contributed by atoms with Crippen LogP contribution in [-0.2, 0) is 19.8 Å². The Balaban J connectivity index is 1.44. The SMILES string of the molecule is [C-]#[N+]C1(c2ccc(N3C[C@H](CNC(C)=O)OC3=O)cc2)[C@@H]2CN(C(=O)OC)C[C@@H]21. The predicted molar refractivity (Wildman–Crippen MR) is 102 cm³/mol. The molecule has 0 spiro atoms. The molecule has 1 aromatic carbocycles. The molecule has 9 heteroatoms. The van der Waals surface area contributed by atoms with Crippen molar-refractivity contribution in [2.45, 2.75) is 18.6 Å². The molecule has 3 fully saturated rings. The molecule has 1 aromatic rings. The number of carbonyl (C=O) groups is 3. The number of rotatable bonds is 4. The van der Waals surface area contributed by atoms with Crippen molar-refractivity contribution in [1.82, 2.24) is 10.2 Å². The van der Waals surface area contributed by atoms with Gasteiger partial charge in [-0.3, -0.25) is 9.69 Å². The summed E-state index contributed by atoms with van der Waals surface area (Å²) in [6, 6.07) is 7.39. The summed E-state index contributed by atoms with van der Waals surface area (Å²) in [7, 11) is 1.36. The summed E-state index contributed by atoms with van der Waals surface area (Å²) in [6.07, 6.45) is -1.20. The van der Waals surface area contributed by atoms with Crippen molar-refractivity contribution in [3.05, 3.63) is 41.2 Å². The number of methoxy groups -OCH3 is 1. The normalized spacial score (nSPS) is 29.7. The fourth-order valence-electron chi connectivity index (χ4n) is 4.55. The average molecular weight is 398 g/mol. The molecule has 4 rings (SSSR count). The van der Waals surface area contributed by atoms with Crippen LogP contribution in [0.5, 0.6) is 0 Å². The number of hydrogen-bond acceptors (Lipinski definition) is 5. The average Bonchev–Trinajstić information content (AvgIpc) is 3.02. The molecule has 9 nitrogen and oxygen atoms in total. The van der Waals surface area contributed by atoms with Gasteiger partial charge in [0.25, 0.3) is 5.54 Å². The molecule has 152 valence electrons. The van der Waals surface area contributed by atoms with Gasteiger partial charge in [0.05, 0.1) is 32.0 Å². The van der Waals surface area contributed by atoms with Crippen LogP contribution in [-0.4, -0.2) is 62.4 Å². The highest BCUT2D eigenvalue weighted by molar-refractivity contribution is 5.89. The summed E-state index contributed by atoms with van der Waals surface area (Å²) >= 11 is 0. The van der Waals surface area contributed by atoms with E-state index in [0.717, 1.165) is 5.56 Å². The highest BCUT2D eigenvalue weighted by Gasteiger charge is 2.77. The van der Waals surface area contributed by atoms with Gasteiger partial charge in [-0.05, 0) is 24.3 Å². The fourth-order valence-corrected chi connectivity index (χ4v) is 4.55. The number of likely N-dealkylation sites (tertiary alicyclic amines) is 1. The Morgan fingerprint density at radius 2 is 1.93 bits per heavy atom. The second-order valence-corrected chi connectivity index (χ2v) is 7.63. The molecule has 0 radical (unpaired) electrons. The van der Waals surface area contributed by atoms with Gasteiger partial charge in [-0.1, -0.05) is 0 Å². The predicted octanol–water partition coefficient (Wildman–Crippen LogP) is 1.59. The zero-order valence-corrected chi connectivity index (χ0v) is 16.3. The van der Waals surface area contributed by atoms with Crippen molar-refractivity contribution in [3.63, 3.8) is 0 Å². The minimum absolute atomic E-state index is 0.101. The Morgan fingerprint density at radius 3 is 2.48 bits per heavy atom. The lowest BCUT2D eigenvalue weighted by Crippen LogP contribution is -2.34. The van der Waals surface area contributed by atoms with E-state index in [2.05, 4.69) is 10.2 Å². The Labute approximate surface area is 168 Å². The molecule has 1 unspecified atom stereocenters. The summed E-state index contributed by atoms with van der Waals surface area (Å²) in [5.74, 6) is 0.0292. The Bertz CT molecular complexity index is 881. The second kappa shape index (κ2) is 6.95. The number of cyclic esters (lactones) is 1. The van der Waals surface area contributed by atoms with Gasteiger partial charge < -0.3 is 24.5 Å². The Kier molecular flexibility index (Phi) is 4.57. The zero-order chi connectivity index (χ0) is 20.8. The number of anilines is 1. The molecule has 3 amide bonds. The van der Waals surface area contributed by atoms with Crippen molar-refractivity contribution < 1.29 is 23.9 Å². The van der Waals surface area contributed by atoms with Gasteiger partial charge in [0, 0.05) is 31.3 Å². The number of piperidine rings is 1. The van der Waals surface area contributed by atoms with E-state index in [4.69, 9.17) is 16.0 Å². The van der Waals surface area contributed by atoms with Gasteiger partial charge in [0.1, 0.15) is 6.10 Å². The van der Waals surface area contributed by atoms with Crippen molar-refractivity contribution in [2.75, 3.05) is 38.2 Å². The minimum atomic E-state index is -0.609. The number of carbonyl (C=O) groups excluding carboxylic acids is 3. The molecular formula is C20H22N4O5. The first-order chi connectivity index (χ1) is 13.9. The summed E-state index contributed by atoms with van der Waals surface area (Å²) < 4.78 is 10.1. The van der Waals surface area contributed by atoms with Crippen LogP contribution < -0.4 is 10.2 Å². The number of hydrogen-bond donors (Lipinski definition) is 1. The molecule has 29 heavy (non-hydrogen) atoms. The fraction of sp³-hybridized carbons (Fsp3) is 0.500. The number of nitrogens with zero attached hydrogens (tertiary/aromatic N) is 3. The molecule has 3 aliphatic rings. The third kappa shape index (κ3) is 3.05. The summed E-state index contributed by atoms with van der Waals surface area (Å²) in [5.41, 5.74) is 0.979. The summed E-state index contributed by atoms with van der Waals surface area (Å²) in [6.45, 7) is 10.8. The van der Waals surface area contributed by atoms with E-state index < -0.39 is 17.7 Å². The smallest absolute Gasteiger partial charge is 0.414 e. The lowest BCUT2D eigenvalue weighted by atomic mass is 9.99. The topological polar surface area (TPSA) is 92.5 Å². The van der Waals surface area contributed by atoms with E-state index in [9.17, 15) is 14.4 Å². The molecule has 2 aliphatic heterocycles. The van der Waals surface area contributed by atoms with Gasteiger partial charge >= 0.3 is 12.2 Å². The van der Waals surface area contributed by atoms with Gasteiger partial charge in [-0.25, -0.2) is 16.2 Å². The lowest BCUT2D eigenvalue weighted by molar-refractivity contribution is -0.119. The molecular weight excluding hydrogens is 376 g/mol. The van der Waals surface area contributed by atoms with E-state index in [-0.39, 0.29) is 30.4 Å². The first-order valence-corrected chi connectivity index (χ1v) is 9.45. The standard InChI is InChI=1S/C20H22N4O5/c1-12(25)22-8-15-9-24(19(27)29-15)14-6-4-13(5-7-14)20(21-2)16-10-23(11-17(16)20)18(26)28-3/h4-7,15-17H,8-11H2,1,3H3,(H,22,25)/t15-,16-,17+,20?/m0/s1. The molecule has 1 aliphatic carbocycles. The van der Waals surface area contributed by atoms with Gasteiger partial charge in [0.2, 0.25) is 5.91 Å². The number of amides is 3. The van der Waals surface area contributed by atoms with Crippen molar-refractivity contribution in [2.24, 2.45) is 11.8 Å². The third-order valence-electron chi connectivity index (χ3n) is 6.05. The van der Waals surface area contributed by atoms with Crippen molar-refractivity contribution >= 4 is 23.8 Å². The Morgan fingerprint density at radius 1 is 1.28 bits per heavy atom. The van der Waals surface area contributed by atoms with Crippen LogP contribution >= 0.6 is 0 Å². The maximum absolute atomic E-state index is 12.2. The first-order valence-electron chi connectivity index (χ1n) is 9.45. The van der Waals surface area contributed by atoms with Crippen LogP contribution in [0, 0.1) is 18.4 Å². The molecule has 4 atom stereocenters. The van der Waals surface area contributed by atoms with Crippen LogP contribution in [0.25, 0.3) is 4.85 Å². The number of ether oxygens (including phenoxy) is 2. The van der Waals surface area contributed by atoms with Gasteiger partial charge in [-0.2, -0.15) is 0 Å². The minimum Gasteiger partial charge on any atom is -0.453 e. The second-order valence-electron chi connectivity index (χ2n) is 7.63. The van der Waals surface area contributed by atoms with Crippen LogP contribution in [0.3, 0.4) is 0 Å². The number of fused-ring (bicyclic) bond motifs is 1. The van der Waals surface area contributed by atoms with E-state index in [1.165, 1.54) is 18.9 Å². The highest BCUT2D eigenvalue weighted by Crippen LogP contribution is 2.64. The maximum Gasteiger partial charge on any atom is 0.414 e. The molecule has 1 saturated carbocycles. The van der Waals surface area contributed by atoms with E-state index in [1.807, 2.05) is 24.3 Å². The van der Waals surface area contributed by atoms with E-state index >= 15 is 0 Å². The van der Waals surface area contributed by atoms with Crippen molar-refractivity contribution in [3.8, 4) is 0 Å². The number of benzene rings is 1. The van der Waals surface area contributed by atoms with Crippen LogP contribution in [0.2, 0.25) is 0 Å². The maximum atomic E-state index is 12.2. The van der Waals surface area contributed by atoms with Crippen LogP contribution in [0.1, 0.15) is 12.5 Å². The molecule has 1 N–H and O–H groups in total. The number of nitrogens with one attached hydrogen (secondary N) is 1. The summed E-state index contributed by atoms with van der Waals surface area (Å²) in [4.78, 5) is 42.0. The van der Waals surface area contributed by atoms with E-state index in [1.54, 1.807) is 4.90 Å².